The first kappa shape index (κ1) is 14.8. The Bertz CT molecular complexity index is 562. The van der Waals surface area contributed by atoms with Crippen LogP contribution in [0.2, 0.25) is 0 Å². The highest BCUT2D eigenvalue weighted by molar-refractivity contribution is 7.89. The third kappa shape index (κ3) is 3.48. The molecule has 1 amide bonds. The van der Waals surface area contributed by atoms with Gasteiger partial charge in [-0.15, -0.1) is 0 Å². The second kappa shape index (κ2) is 6.23. The van der Waals surface area contributed by atoms with E-state index in [2.05, 4.69) is 14.9 Å². The molecule has 1 aromatic rings. The molecule has 20 heavy (non-hydrogen) atoms. The van der Waals surface area contributed by atoms with Gasteiger partial charge in [-0.3, -0.25) is 9.89 Å². The molecule has 8 nitrogen and oxygen atoms in total. The van der Waals surface area contributed by atoms with Crippen LogP contribution in [0.15, 0.2) is 11.1 Å². The Morgan fingerprint density at radius 2 is 2.10 bits per heavy atom. The molecule has 1 aromatic heterocycles. The Hall–Kier alpha value is -1.61. The standard InChI is InChI=1S/C11H19N5O3S/c12-11-9(8-13-15-11)20(18,19)14-5-4-10(17)16-6-2-1-3-7-16/h8,14H,1-7H2,(H3,12,13,15). The smallest absolute Gasteiger partial charge is 0.245 e. The van der Waals surface area contributed by atoms with Gasteiger partial charge >= 0.3 is 0 Å². The lowest BCUT2D eigenvalue weighted by atomic mass is 10.1. The fourth-order valence-electron chi connectivity index (χ4n) is 2.17. The molecule has 0 aliphatic carbocycles. The van der Waals surface area contributed by atoms with E-state index >= 15 is 0 Å². The summed E-state index contributed by atoms with van der Waals surface area (Å²) in [7, 11) is -3.71. The van der Waals surface area contributed by atoms with Crippen molar-refractivity contribution in [3.63, 3.8) is 0 Å². The van der Waals surface area contributed by atoms with Crippen LogP contribution in [0.4, 0.5) is 5.82 Å². The number of rotatable bonds is 5. The topological polar surface area (TPSA) is 121 Å². The van der Waals surface area contributed by atoms with Crippen molar-refractivity contribution in [2.45, 2.75) is 30.6 Å². The quantitative estimate of drug-likeness (QED) is 0.687. The lowest BCUT2D eigenvalue weighted by molar-refractivity contribution is -0.131. The number of H-pyrrole nitrogens is 1. The highest BCUT2D eigenvalue weighted by atomic mass is 32.2. The molecule has 0 atom stereocenters. The summed E-state index contributed by atoms with van der Waals surface area (Å²) >= 11 is 0. The van der Waals surface area contributed by atoms with Gasteiger partial charge < -0.3 is 10.6 Å². The van der Waals surface area contributed by atoms with E-state index in [9.17, 15) is 13.2 Å². The highest BCUT2D eigenvalue weighted by Crippen LogP contribution is 2.14. The number of amides is 1. The Kier molecular flexibility index (Phi) is 4.61. The number of nitrogens with two attached hydrogens (primary N) is 1. The molecule has 1 fully saturated rings. The maximum atomic E-state index is 11.9. The molecule has 0 bridgehead atoms. The molecule has 0 aromatic carbocycles. The maximum Gasteiger partial charge on any atom is 0.245 e. The van der Waals surface area contributed by atoms with E-state index < -0.39 is 10.0 Å². The van der Waals surface area contributed by atoms with Crippen molar-refractivity contribution < 1.29 is 13.2 Å². The van der Waals surface area contributed by atoms with Crippen molar-refractivity contribution in [1.29, 1.82) is 0 Å². The van der Waals surface area contributed by atoms with Crippen molar-refractivity contribution in [2.24, 2.45) is 0 Å². The van der Waals surface area contributed by atoms with Crippen molar-refractivity contribution in [2.75, 3.05) is 25.4 Å². The zero-order valence-corrected chi connectivity index (χ0v) is 11.9. The molecular weight excluding hydrogens is 282 g/mol. The monoisotopic (exact) mass is 301 g/mol. The van der Waals surface area contributed by atoms with Gasteiger partial charge in [0, 0.05) is 26.1 Å². The number of nitrogens with zero attached hydrogens (tertiary/aromatic N) is 2. The van der Waals surface area contributed by atoms with E-state index in [1.165, 1.54) is 0 Å². The number of carbonyl (C=O) groups excluding carboxylic acids is 1. The Morgan fingerprint density at radius 3 is 2.70 bits per heavy atom. The molecule has 4 N–H and O–H groups in total. The fourth-order valence-corrected chi connectivity index (χ4v) is 3.22. The van der Waals surface area contributed by atoms with Crippen LogP contribution in [0.5, 0.6) is 0 Å². The number of nitrogen functional groups attached to an aromatic ring is 1. The van der Waals surface area contributed by atoms with Gasteiger partial charge in [0.1, 0.15) is 10.7 Å². The largest absolute Gasteiger partial charge is 0.383 e. The molecule has 0 unspecified atom stereocenters. The predicted octanol–water partition coefficient (Wildman–Crippen LogP) is -0.327. The summed E-state index contributed by atoms with van der Waals surface area (Å²) in [5, 5.41) is 5.92. The molecular formula is C11H19N5O3S. The van der Waals surface area contributed by atoms with Crippen LogP contribution in [0.25, 0.3) is 0 Å². The average Bonchev–Trinajstić information content (AvgIpc) is 2.86. The molecule has 9 heteroatoms. The zero-order chi connectivity index (χ0) is 14.6. The van der Waals surface area contributed by atoms with Crippen molar-refractivity contribution in [3.05, 3.63) is 6.20 Å². The van der Waals surface area contributed by atoms with E-state index in [0.29, 0.717) is 0 Å². The SMILES string of the molecule is Nc1[nH]ncc1S(=O)(=O)NCCC(=O)N1CCCCC1. The van der Waals surface area contributed by atoms with Gasteiger partial charge in [0.2, 0.25) is 15.9 Å². The van der Waals surface area contributed by atoms with Crippen LogP contribution in [0, 0.1) is 0 Å². The number of aromatic amines is 1. The first-order chi connectivity index (χ1) is 9.50. The normalized spacial score (nSPS) is 16.3. The summed E-state index contributed by atoms with van der Waals surface area (Å²) in [5.74, 6) is -0.0348. The van der Waals surface area contributed by atoms with Gasteiger partial charge in [-0.2, -0.15) is 5.10 Å². The molecule has 2 heterocycles. The van der Waals surface area contributed by atoms with Crippen molar-refractivity contribution in [1.82, 2.24) is 19.8 Å². The van der Waals surface area contributed by atoms with E-state index in [0.717, 1.165) is 38.5 Å². The molecule has 1 aliphatic heterocycles. The molecule has 112 valence electrons. The molecule has 0 radical (unpaired) electrons. The number of likely N-dealkylation sites (tertiary alicyclic amines) is 1. The van der Waals surface area contributed by atoms with Crippen LogP contribution in [0.3, 0.4) is 0 Å². The summed E-state index contributed by atoms with van der Waals surface area (Å²) in [6, 6.07) is 0. The first-order valence-electron chi connectivity index (χ1n) is 6.57. The summed E-state index contributed by atoms with van der Waals surface area (Å²) in [5.41, 5.74) is 5.46. The minimum atomic E-state index is -3.71. The van der Waals surface area contributed by atoms with Crippen molar-refractivity contribution in [3.8, 4) is 0 Å². The summed E-state index contributed by atoms with van der Waals surface area (Å²) in [6.45, 7) is 1.59. The summed E-state index contributed by atoms with van der Waals surface area (Å²) in [6.07, 6.45) is 4.48. The van der Waals surface area contributed by atoms with Crippen LogP contribution in [0.1, 0.15) is 25.7 Å². The maximum absolute atomic E-state index is 11.9. The molecule has 1 saturated heterocycles. The summed E-state index contributed by atoms with van der Waals surface area (Å²) < 4.78 is 26.1. The molecule has 0 saturated carbocycles. The average molecular weight is 301 g/mol. The molecule has 1 aliphatic rings. The lowest BCUT2D eigenvalue weighted by Crippen LogP contribution is -2.37. The Balaban J connectivity index is 1.83. The van der Waals surface area contributed by atoms with Crippen molar-refractivity contribution >= 4 is 21.7 Å². The molecule has 0 spiro atoms. The second-order valence-corrected chi connectivity index (χ2v) is 6.47. The number of nitrogens with one attached hydrogen (secondary N) is 2. The lowest BCUT2D eigenvalue weighted by Gasteiger charge is -2.26. The number of anilines is 1. The van der Waals surface area contributed by atoms with Crippen LogP contribution in [-0.2, 0) is 14.8 Å². The highest BCUT2D eigenvalue weighted by Gasteiger charge is 2.20. The third-order valence-electron chi connectivity index (χ3n) is 3.26. The van der Waals surface area contributed by atoms with Gasteiger partial charge in [0.25, 0.3) is 0 Å². The predicted molar refractivity (Wildman–Crippen MR) is 73.2 cm³/mol. The number of hydrogen-bond acceptors (Lipinski definition) is 5. The number of sulfonamides is 1. The van der Waals surface area contributed by atoms with E-state index in [-0.39, 0.29) is 29.6 Å². The number of carbonyl (C=O) groups is 1. The number of piperidine rings is 1. The second-order valence-electron chi connectivity index (χ2n) is 4.74. The molecule has 2 rings (SSSR count). The number of hydrogen-bond donors (Lipinski definition) is 3. The van der Waals surface area contributed by atoms with Crippen LogP contribution < -0.4 is 10.5 Å². The van der Waals surface area contributed by atoms with Gasteiger partial charge in [-0.05, 0) is 19.3 Å². The van der Waals surface area contributed by atoms with Crippen LogP contribution >= 0.6 is 0 Å². The Labute approximate surface area is 117 Å². The first-order valence-corrected chi connectivity index (χ1v) is 8.05. The Morgan fingerprint density at radius 1 is 1.40 bits per heavy atom. The third-order valence-corrected chi connectivity index (χ3v) is 4.75. The van der Waals surface area contributed by atoms with E-state index in [1.807, 2.05) is 0 Å². The van der Waals surface area contributed by atoms with E-state index in [4.69, 9.17) is 5.73 Å². The fraction of sp³-hybridized carbons (Fsp3) is 0.636. The van der Waals surface area contributed by atoms with Gasteiger partial charge in [-0.25, -0.2) is 13.1 Å². The van der Waals surface area contributed by atoms with Crippen LogP contribution in [-0.4, -0.2) is 49.1 Å². The zero-order valence-electron chi connectivity index (χ0n) is 11.1. The van der Waals surface area contributed by atoms with Gasteiger partial charge in [0.05, 0.1) is 6.20 Å². The van der Waals surface area contributed by atoms with Gasteiger partial charge in [-0.1, -0.05) is 0 Å². The van der Waals surface area contributed by atoms with Gasteiger partial charge in [0.15, 0.2) is 0 Å². The summed E-state index contributed by atoms with van der Waals surface area (Å²) in [4.78, 5) is 13.6. The minimum Gasteiger partial charge on any atom is -0.383 e. The van der Waals surface area contributed by atoms with E-state index in [1.54, 1.807) is 4.90 Å². The number of aromatic nitrogens is 2. The minimum absolute atomic E-state index is 0.0140.